The van der Waals surface area contributed by atoms with E-state index in [2.05, 4.69) is 45.9 Å². The highest BCUT2D eigenvalue weighted by molar-refractivity contribution is 5.35. The molecule has 0 N–H and O–H groups in total. The summed E-state index contributed by atoms with van der Waals surface area (Å²) in [6.45, 7) is 20.9. The normalized spacial score (nSPS) is 7.94. The van der Waals surface area contributed by atoms with Crippen molar-refractivity contribution in [1.29, 1.82) is 0 Å². The van der Waals surface area contributed by atoms with Gasteiger partial charge in [-0.25, -0.2) is 0 Å². The fraction of sp³-hybridized carbons (Fsp3) is 0.647. The summed E-state index contributed by atoms with van der Waals surface area (Å²) in [5.74, 6) is 0.649. The fourth-order valence-corrected chi connectivity index (χ4v) is 1.74. The van der Waals surface area contributed by atoms with Crippen molar-refractivity contribution in [2.75, 3.05) is 0 Å². The van der Waals surface area contributed by atoms with E-state index in [0.29, 0.717) is 5.92 Å². The van der Waals surface area contributed by atoms with E-state index >= 15 is 0 Å². The van der Waals surface area contributed by atoms with Gasteiger partial charge in [0.05, 0.1) is 0 Å². The third-order valence-electron chi connectivity index (χ3n) is 2.12. The van der Waals surface area contributed by atoms with Crippen molar-refractivity contribution >= 4 is 0 Å². The lowest BCUT2D eigenvalue weighted by atomic mass is 9.94. The average Bonchev–Trinajstić information content (AvgIpc) is 2.36. The largest absolute Gasteiger partial charge is 0.0683 e. The maximum absolute atomic E-state index is 2.25. The first-order valence-corrected chi connectivity index (χ1v) is 7.19. The SMILES string of the molecule is CC.CC.CC.Cc1cccc(C)c1C(C)C. The second kappa shape index (κ2) is 15.2. The molecule has 0 spiro atoms. The summed E-state index contributed by atoms with van der Waals surface area (Å²) in [7, 11) is 0. The number of benzene rings is 1. The first kappa shape index (κ1) is 21.5. The van der Waals surface area contributed by atoms with Crippen molar-refractivity contribution in [3.8, 4) is 0 Å². The zero-order chi connectivity index (χ0) is 14.4. The Morgan fingerprint density at radius 3 is 1.18 bits per heavy atom. The molecule has 0 aliphatic heterocycles. The van der Waals surface area contributed by atoms with E-state index in [1.165, 1.54) is 16.7 Å². The third-order valence-corrected chi connectivity index (χ3v) is 2.12. The van der Waals surface area contributed by atoms with Crippen molar-refractivity contribution in [3.63, 3.8) is 0 Å². The van der Waals surface area contributed by atoms with Gasteiger partial charge in [0.1, 0.15) is 0 Å². The predicted octanol–water partition coefficient (Wildman–Crippen LogP) is 6.51. The minimum Gasteiger partial charge on any atom is -0.0683 e. The van der Waals surface area contributed by atoms with Gasteiger partial charge in [0.2, 0.25) is 0 Å². The van der Waals surface area contributed by atoms with Crippen molar-refractivity contribution in [2.24, 2.45) is 0 Å². The Balaban J connectivity index is -0.000000285. The molecule has 0 saturated carbocycles. The second-order valence-electron chi connectivity index (χ2n) is 3.46. The van der Waals surface area contributed by atoms with Crippen LogP contribution in [0.2, 0.25) is 0 Å². The van der Waals surface area contributed by atoms with Crippen molar-refractivity contribution in [2.45, 2.75) is 75.2 Å². The van der Waals surface area contributed by atoms with Gasteiger partial charge in [0, 0.05) is 0 Å². The maximum atomic E-state index is 2.25. The molecule has 1 rings (SSSR count). The standard InChI is InChI=1S/C11H16.3C2H6/c1-8(2)11-9(3)6-5-7-10(11)4;3*1-2/h5-8H,1-4H3;3*1-2H3. The highest BCUT2D eigenvalue weighted by atomic mass is 14.1. The van der Waals surface area contributed by atoms with Crippen LogP contribution in [-0.4, -0.2) is 0 Å². The van der Waals surface area contributed by atoms with E-state index in [9.17, 15) is 0 Å². The first-order chi connectivity index (χ1) is 8.13. The van der Waals surface area contributed by atoms with Gasteiger partial charge >= 0.3 is 0 Å². The topological polar surface area (TPSA) is 0 Å². The first-order valence-electron chi connectivity index (χ1n) is 7.19. The van der Waals surface area contributed by atoms with Crippen LogP contribution in [0.25, 0.3) is 0 Å². The highest BCUT2D eigenvalue weighted by Crippen LogP contribution is 2.22. The minimum absolute atomic E-state index is 0.649. The molecule has 0 radical (unpaired) electrons. The van der Waals surface area contributed by atoms with Gasteiger partial charge in [-0.15, -0.1) is 0 Å². The van der Waals surface area contributed by atoms with Crippen LogP contribution in [0.4, 0.5) is 0 Å². The molecule has 0 nitrogen and oxygen atoms in total. The van der Waals surface area contributed by atoms with Crippen molar-refractivity contribution in [1.82, 2.24) is 0 Å². The molecule has 0 unspecified atom stereocenters. The second-order valence-corrected chi connectivity index (χ2v) is 3.46. The molecule has 0 amide bonds. The van der Waals surface area contributed by atoms with E-state index in [0.717, 1.165) is 0 Å². The lowest BCUT2D eigenvalue weighted by Crippen LogP contribution is -1.94. The van der Waals surface area contributed by atoms with Gasteiger partial charge in [-0.1, -0.05) is 73.6 Å². The Bertz CT molecular complexity index is 226. The van der Waals surface area contributed by atoms with Gasteiger partial charge in [-0.2, -0.15) is 0 Å². The molecule has 0 aliphatic rings. The molecular weight excluding hydrogens is 204 g/mol. The van der Waals surface area contributed by atoms with Crippen LogP contribution >= 0.6 is 0 Å². The lowest BCUT2D eigenvalue weighted by molar-refractivity contribution is 0.846. The summed E-state index contributed by atoms with van der Waals surface area (Å²) in [5, 5.41) is 0. The van der Waals surface area contributed by atoms with E-state index in [1.54, 1.807) is 0 Å². The molecule has 102 valence electrons. The average molecular weight is 238 g/mol. The molecule has 17 heavy (non-hydrogen) atoms. The number of hydrogen-bond acceptors (Lipinski definition) is 0. The highest BCUT2D eigenvalue weighted by Gasteiger charge is 2.04. The molecule has 0 aliphatic carbocycles. The summed E-state index contributed by atoms with van der Waals surface area (Å²) in [6.07, 6.45) is 0. The zero-order valence-electron chi connectivity index (χ0n) is 13.8. The van der Waals surface area contributed by atoms with Crippen LogP contribution in [0.1, 0.15) is 78.0 Å². The van der Waals surface area contributed by atoms with Crippen molar-refractivity contribution < 1.29 is 0 Å². The Kier molecular flexibility index (Phi) is 19.2. The molecule has 0 heteroatoms. The van der Waals surface area contributed by atoms with Crippen LogP contribution in [0.3, 0.4) is 0 Å². The van der Waals surface area contributed by atoms with Crippen LogP contribution in [0.5, 0.6) is 0 Å². The predicted molar refractivity (Wildman–Crippen MR) is 84.0 cm³/mol. The maximum Gasteiger partial charge on any atom is -0.0214 e. The Morgan fingerprint density at radius 2 is 1.00 bits per heavy atom. The Hall–Kier alpha value is -0.780. The fourth-order valence-electron chi connectivity index (χ4n) is 1.74. The molecule has 0 atom stereocenters. The molecule has 0 bridgehead atoms. The summed E-state index contributed by atoms with van der Waals surface area (Å²) in [4.78, 5) is 0. The Labute approximate surface area is 110 Å². The van der Waals surface area contributed by atoms with Crippen LogP contribution in [0.15, 0.2) is 18.2 Å². The summed E-state index contributed by atoms with van der Waals surface area (Å²) in [6, 6.07) is 6.49. The summed E-state index contributed by atoms with van der Waals surface area (Å²) >= 11 is 0. The minimum atomic E-state index is 0.649. The van der Waals surface area contributed by atoms with Gasteiger partial charge in [0.15, 0.2) is 0 Å². The summed E-state index contributed by atoms with van der Waals surface area (Å²) < 4.78 is 0. The van der Waals surface area contributed by atoms with Crippen LogP contribution in [-0.2, 0) is 0 Å². The van der Waals surface area contributed by atoms with E-state index in [-0.39, 0.29) is 0 Å². The molecular formula is C17H34. The number of aryl methyl sites for hydroxylation is 2. The van der Waals surface area contributed by atoms with E-state index in [1.807, 2.05) is 41.5 Å². The quantitative estimate of drug-likeness (QED) is 0.523. The van der Waals surface area contributed by atoms with Crippen LogP contribution in [0, 0.1) is 13.8 Å². The van der Waals surface area contributed by atoms with Crippen LogP contribution < -0.4 is 0 Å². The zero-order valence-corrected chi connectivity index (χ0v) is 13.8. The summed E-state index contributed by atoms with van der Waals surface area (Å²) in [5.41, 5.74) is 4.34. The van der Waals surface area contributed by atoms with Gasteiger partial charge < -0.3 is 0 Å². The monoisotopic (exact) mass is 238 g/mol. The number of hydrogen-bond donors (Lipinski definition) is 0. The smallest absolute Gasteiger partial charge is 0.0214 e. The van der Waals surface area contributed by atoms with E-state index < -0.39 is 0 Å². The third kappa shape index (κ3) is 8.97. The Morgan fingerprint density at radius 1 is 0.706 bits per heavy atom. The molecule has 0 fully saturated rings. The van der Waals surface area contributed by atoms with E-state index in [4.69, 9.17) is 0 Å². The molecule has 0 aromatic heterocycles. The van der Waals surface area contributed by atoms with Gasteiger partial charge in [0.25, 0.3) is 0 Å². The molecule has 1 aromatic carbocycles. The lowest BCUT2D eigenvalue weighted by Gasteiger charge is -2.12. The van der Waals surface area contributed by atoms with Gasteiger partial charge in [-0.05, 0) is 36.5 Å². The molecule has 1 aromatic rings. The number of rotatable bonds is 1. The van der Waals surface area contributed by atoms with Crippen molar-refractivity contribution in [3.05, 3.63) is 34.9 Å². The molecule has 0 saturated heterocycles. The van der Waals surface area contributed by atoms with Gasteiger partial charge in [-0.3, -0.25) is 0 Å². The molecule has 0 heterocycles.